The summed E-state index contributed by atoms with van der Waals surface area (Å²) in [5.74, 6) is -0.387. The van der Waals surface area contributed by atoms with Crippen molar-refractivity contribution in [3.8, 4) is 0 Å². The summed E-state index contributed by atoms with van der Waals surface area (Å²) >= 11 is 0. The van der Waals surface area contributed by atoms with Crippen molar-refractivity contribution >= 4 is 11.7 Å². The second-order valence-electron chi connectivity index (χ2n) is 5.97. The second-order valence-corrected chi connectivity index (χ2v) is 5.97. The Hall–Kier alpha value is -2.46. The molecule has 1 saturated heterocycles. The van der Waals surface area contributed by atoms with Crippen molar-refractivity contribution in [2.75, 3.05) is 13.1 Å². The number of aryl methyl sites for hydroxylation is 1. The predicted octanol–water partition coefficient (Wildman–Crippen LogP) is 2.40. The van der Waals surface area contributed by atoms with Gasteiger partial charge in [0, 0.05) is 23.2 Å². The average molecular weight is 308 g/mol. The Labute approximate surface area is 135 Å². The molecule has 0 bridgehead atoms. The molecule has 0 radical (unpaired) electrons. The molecule has 0 aromatic heterocycles. The van der Waals surface area contributed by atoms with Crippen LogP contribution in [-0.2, 0) is 0 Å². The van der Waals surface area contributed by atoms with E-state index in [1.165, 1.54) is 0 Å². The fourth-order valence-corrected chi connectivity index (χ4v) is 3.30. The lowest BCUT2D eigenvalue weighted by molar-refractivity contribution is 0.0999. The van der Waals surface area contributed by atoms with Crippen molar-refractivity contribution < 1.29 is 9.59 Å². The summed E-state index contributed by atoms with van der Waals surface area (Å²) in [6, 6.07) is 12.7. The average Bonchev–Trinajstić information content (AvgIpc) is 3.08. The van der Waals surface area contributed by atoms with E-state index in [0.717, 1.165) is 30.6 Å². The Morgan fingerprint density at radius 1 is 1.13 bits per heavy atom. The van der Waals surface area contributed by atoms with E-state index in [0.29, 0.717) is 16.7 Å². The minimum Gasteiger partial charge on any atom is -0.366 e. The maximum atomic E-state index is 13.0. The van der Waals surface area contributed by atoms with E-state index >= 15 is 0 Å². The van der Waals surface area contributed by atoms with Gasteiger partial charge in [-0.1, -0.05) is 36.4 Å². The van der Waals surface area contributed by atoms with E-state index in [2.05, 4.69) is 5.32 Å². The molecule has 4 nitrogen and oxygen atoms in total. The molecule has 1 fully saturated rings. The number of carbonyl (C=O) groups excluding carboxylic acids is 2. The Morgan fingerprint density at radius 3 is 2.48 bits per heavy atom. The zero-order valence-electron chi connectivity index (χ0n) is 13.1. The van der Waals surface area contributed by atoms with Gasteiger partial charge in [-0.25, -0.2) is 0 Å². The van der Waals surface area contributed by atoms with Crippen LogP contribution in [0.5, 0.6) is 0 Å². The summed E-state index contributed by atoms with van der Waals surface area (Å²) in [4.78, 5) is 24.9. The van der Waals surface area contributed by atoms with Crippen molar-refractivity contribution in [1.82, 2.24) is 5.32 Å². The van der Waals surface area contributed by atoms with Crippen LogP contribution in [0.25, 0.3) is 0 Å². The smallest absolute Gasteiger partial charge is 0.249 e. The molecular weight excluding hydrogens is 288 g/mol. The molecule has 0 spiro atoms. The largest absolute Gasteiger partial charge is 0.366 e. The van der Waals surface area contributed by atoms with E-state index in [1.807, 2.05) is 31.2 Å². The van der Waals surface area contributed by atoms with Crippen molar-refractivity contribution in [2.24, 2.45) is 5.73 Å². The monoisotopic (exact) mass is 308 g/mol. The molecule has 1 aliphatic heterocycles. The van der Waals surface area contributed by atoms with Gasteiger partial charge in [0.05, 0.1) is 0 Å². The highest BCUT2D eigenvalue weighted by molar-refractivity contribution is 6.12. The summed E-state index contributed by atoms with van der Waals surface area (Å²) in [6.07, 6.45) is 0.902. The first kappa shape index (κ1) is 15.4. The molecule has 2 aromatic rings. The van der Waals surface area contributed by atoms with Crippen LogP contribution in [0.15, 0.2) is 42.5 Å². The molecule has 2 aromatic carbocycles. The number of hydrogen-bond acceptors (Lipinski definition) is 3. The summed E-state index contributed by atoms with van der Waals surface area (Å²) in [6.45, 7) is 3.56. The van der Waals surface area contributed by atoms with E-state index in [4.69, 9.17) is 5.73 Å². The van der Waals surface area contributed by atoms with Crippen LogP contribution < -0.4 is 11.1 Å². The van der Waals surface area contributed by atoms with Crippen LogP contribution in [0.1, 0.15) is 49.7 Å². The lowest BCUT2D eigenvalue weighted by atomic mass is 9.83. The van der Waals surface area contributed by atoms with Crippen LogP contribution in [0.2, 0.25) is 0 Å². The Bertz CT molecular complexity index is 747. The Balaban J connectivity index is 2.20. The van der Waals surface area contributed by atoms with Crippen molar-refractivity contribution in [3.05, 3.63) is 70.3 Å². The fourth-order valence-electron chi connectivity index (χ4n) is 3.30. The summed E-state index contributed by atoms with van der Waals surface area (Å²) < 4.78 is 0. The maximum Gasteiger partial charge on any atom is 0.249 e. The minimum atomic E-state index is -0.478. The van der Waals surface area contributed by atoms with E-state index in [1.54, 1.807) is 18.2 Å². The van der Waals surface area contributed by atoms with Crippen molar-refractivity contribution in [1.29, 1.82) is 0 Å². The molecule has 4 heteroatoms. The molecular formula is C19H20N2O2. The zero-order chi connectivity index (χ0) is 16.4. The first-order valence-corrected chi connectivity index (χ1v) is 7.83. The van der Waals surface area contributed by atoms with Gasteiger partial charge < -0.3 is 11.1 Å². The summed E-state index contributed by atoms with van der Waals surface area (Å²) in [5, 5.41) is 3.30. The van der Waals surface area contributed by atoms with Gasteiger partial charge in [-0.15, -0.1) is 0 Å². The van der Waals surface area contributed by atoms with Gasteiger partial charge in [-0.2, -0.15) is 0 Å². The third-order valence-corrected chi connectivity index (χ3v) is 4.45. The first-order chi connectivity index (χ1) is 11.1. The lowest BCUT2D eigenvalue weighted by Crippen LogP contribution is -2.21. The van der Waals surface area contributed by atoms with Crippen molar-refractivity contribution in [3.63, 3.8) is 0 Å². The van der Waals surface area contributed by atoms with Crippen LogP contribution in [0, 0.1) is 6.92 Å². The third kappa shape index (κ3) is 2.90. The molecule has 1 atom stereocenters. The molecule has 1 amide bonds. The molecule has 3 rings (SSSR count). The number of nitrogens with one attached hydrogen (secondary N) is 1. The minimum absolute atomic E-state index is 0.0481. The maximum absolute atomic E-state index is 13.0. The first-order valence-electron chi connectivity index (χ1n) is 7.83. The van der Waals surface area contributed by atoms with Crippen LogP contribution in [0.3, 0.4) is 0 Å². The number of hydrogen-bond donors (Lipinski definition) is 2. The number of primary amides is 1. The fraction of sp³-hybridized carbons (Fsp3) is 0.263. The third-order valence-electron chi connectivity index (χ3n) is 4.45. The van der Waals surface area contributed by atoms with Crippen LogP contribution >= 0.6 is 0 Å². The highest BCUT2D eigenvalue weighted by atomic mass is 16.1. The van der Waals surface area contributed by atoms with E-state index < -0.39 is 5.91 Å². The van der Waals surface area contributed by atoms with Crippen molar-refractivity contribution in [2.45, 2.75) is 19.3 Å². The van der Waals surface area contributed by atoms with Gasteiger partial charge in [0.2, 0.25) is 5.91 Å². The number of carbonyl (C=O) groups is 2. The normalized spacial score (nSPS) is 17.2. The van der Waals surface area contributed by atoms with Gasteiger partial charge in [0.25, 0.3) is 0 Å². The van der Waals surface area contributed by atoms with Crippen LogP contribution in [0.4, 0.5) is 0 Å². The predicted molar refractivity (Wildman–Crippen MR) is 89.8 cm³/mol. The number of ketones is 1. The number of nitrogens with two attached hydrogens (primary N) is 1. The molecule has 0 saturated carbocycles. The molecule has 0 aliphatic carbocycles. The molecule has 3 N–H and O–H groups in total. The number of amides is 1. The highest BCUT2D eigenvalue weighted by Crippen LogP contribution is 2.32. The van der Waals surface area contributed by atoms with Gasteiger partial charge in [-0.05, 0) is 43.0 Å². The standard InChI is InChI=1S/C19H20N2O2/c1-12-7-8-15(19(20)23)17(14-9-10-21-11-14)16(12)18(22)13-5-3-2-4-6-13/h2-8,14,21H,9-11H2,1H3,(H2,20,23). The molecule has 1 heterocycles. The lowest BCUT2D eigenvalue weighted by Gasteiger charge is -2.19. The number of rotatable bonds is 4. The summed E-state index contributed by atoms with van der Waals surface area (Å²) in [7, 11) is 0. The van der Waals surface area contributed by atoms with Gasteiger partial charge >= 0.3 is 0 Å². The second kappa shape index (κ2) is 6.34. The Kier molecular flexibility index (Phi) is 4.26. The molecule has 1 aliphatic rings. The van der Waals surface area contributed by atoms with Gasteiger partial charge in [0.1, 0.15) is 0 Å². The SMILES string of the molecule is Cc1ccc(C(N)=O)c(C2CCNC2)c1C(=O)c1ccccc1. The quantitative estimate of drug-likeness (QED) is 0.852. The molecule has 23 heavy (non-hydrogen) atoms. The van der Waals surface area contributed by atoms with Crippen LogP contribution in [-0.4, -0.2) is 24.8 Å². The highest BCUT2D eigenvalue weighted by Gasteiger charge is 2.28. The van der Waals surface area contributed by atoms with Gasteiger partial charge in [-0.3, -0.25) is 9.59 Å². The Morgan fingerprint density at radius 2 is 1.87 bits per heavy atom. The van der Waals surface area contributed by atoms with Gasteiger partial charge in [0.15, 0.2) is 5.78 Å². The molecule has 118 valence electrons. The molecule has 1 unspecified atom stereocenters. The summed E-state index contributed by atoms with van der Waals surface area (Å²) in [5.41, 5.74) is 8.97. The topological polar surface area (TPSA) is 72.2 Å². The van der Waals surface area contributed by atoms with E-state index in [-0.39, 0.29) is 11.7 Å². The zero-order valence-corrected chi connectivity index (χ0v) is 13.1. The number of benzene rings is 2. The van der Waals surface area contributed by atoms with E-state index in [9.17, 15) is 9.59 Å².